The van der Waals surface area contributed by atoms with Gasteiger partial charge in [0.2, 0.25) is 5.91 Å². The molecule has 6 heteroatoms. The molecule has 1 saturated heterocycles. The molecule has 3 heterocycles. The van der Waals surface area contributed by atoms with Gasteiger partial charge in [-0.3, -0.25) is 14.5 Å². The number of anilines is 1. The first kappa shape index (κ1) is 14.2. The molecule has 0 bridgehead atoms. The lowest BCUT2D eigenvalue weighted by molar-refractivity contribution is -0.132. The average molecular weight is 311 g/mol. The first-order chi connectivity index (χ1) is 11.2. The second-order valence-electron chi connectivity index (χ2n) is 6.41. The van der Waals surface area contributed by atoms with E-state index in [0.29, 0.717) is 11.8 Å². The summed E-state index contributed by atoms with van der Waals surface area (Å²) in [6.07, 6.45) is 8.51. The molecule has 0 unspecified atom stereocenters. The quantitative estimate of drug-likeness (QED) is 0.856. The highest BCUT2D eigenvalue weighted by Crippen LogP contribution is 2.48. The van der Waals surface area contributed by atoms with E-state index < -0.39 is 0 Å². The maximum absolute atomic E-state index is 12.7. The zero-order chi connectivity index (χ0) is 15.8. The fourth-order valence-corrected chi connectivity index (χ4v) is 3.44. The molecular weight excluding hydrogens is 290 g/mol. The highest BCUT2D eigenvalue weighted by Gasteiger charge is 2.46. The summed E-state index contributed by atoms with van der Waals surface area (Å²) in [5, 5.41) is 4.21. The Kier molecular flexibility index (Phi) is 3.52. The van der Waals surface area contributed by atoms with Crippen LogP contribution in [0.5, 0.6) is 0 Å². The van der Waals surface area contributed by atoms with Crippen LogP contribution in [0.2, 0.25) is 0 Å². The van der Waals surface area contributed by atoms with Crippen LogP contribution in [0.25, 0.3) is 0 Å². The molecule has 1 aliphatic heterocycles. The number of rotatable bonds is 3. The van der Waals surface area contributed by atoms with Crippen molar-refractivity contribution in [2.45, 2.75) is 12.3 Å². The maximum Gasteiger partial charge on any atom is 0.226 e. The van der Waals surface area contributed by atoms with Crippen LogP contribution in [0.4, 0.5) is 5.69 Å². The Morgan fingerprint density at radius 3 is 2.57 bits per heavy atom. The Bertz CT molecular complexity index is 690. The van der Waals surface area contributed by atoms with E-state index in [1.54, 1.807) is 0 Å². The van der Waals surface area contributed by atoms with Gasteiger partial charge < -0.3 is 9.80 Å². The largest absolute Gasteiger partial charge is 0.368 e. The van der Waals surface area contributed by atoms with Crippen LogP contribution in [-0.2, 0) is 11.8 Å². The summed E-state index contributed by atoms with van der Waals surface area (Å²) in [6, 6.07) is 4.05. The smallest absolute Gasteiger partial charge is 0.226 e. The average Bonchev–Trinajstić information content (AvgIpc) is 3.29. The standard InChI is InChI=1S/C17H21N5O/c1-20-12-13(11-19-20)15-10-16(15)17(23)22-8-6-21(7-9-22)14-2-4-18-5-3-14/h2-5,11-12,15-16H,6-10H2,1H3/t15-,16+/m1/s1. The van der Waals surface area contributed by atoms with Gasteiger partial charge in [0.05, 0.1) is 6.20 Å². The summed E-state index contributed by atoms with van der Waals surface area (Å²) < 4.78 is 1.81. The van der Waals surface area contributed by atoms with Crippen LogP contribution in [0, 0.1) is 5.92 Å². The van der Waals surface area contributed by atoms with E-state index in [0.717, 1.165) is 32.6 Å². The first-order valence-electron chi connectivity index (χ1n) is 8.14. The van der Waals surface area contributed by atoms with Crippen molar-refractivity contribution in [2.75, 3.05) is 31.1 Å². The third-order valence-corrected chi connectivity index (χ3v) is 4.88. The topological polar surface area (TPSA) is 54.3 Å². The van der Waals surface area contributed by atoms with E-state index in [1.165, 1.54) is 11.3 Å². The molecule has 2 aromatic heterocycles. The van der Waals surface area contributed by atoms with Crippen LogP contribution in [-0.4, -0.2) is 51.8 Å². The minimum absolute atomic E-state index is 0.159. The van der Waals surface area contributed by atoms with Crippen LogP contribution in [0.1, 0.15) is 17.9 Å². The van der Waals surface area contributed by atoms with Crippen molar-refractivity contribution in [3.63, 3.8) is 0 Å². The molecule has 120 valence electrons. The van der Waals surface area contributed by atoms with Gasteiger partial charge in [-0.1, -0.05) is 0 Å². The Morgan fingerprint density at radius 2 is 1.91 bits per heavy atom. The van der Waals surface area contributed by atoms with Gasteiger partial charge >= 0.3 is 0 Å². The fourth-order valence-electron chi connectivity index (χ4n) is 3.44. The SMILES string of the molecule is Cn1cc([C@H]2C[C@@H]2C(=O)N2CCN(c3ccncc3)CC2)cn1. The summed E-state index contributed by atoms with van der Waals surface area (Å²) in [5.41, 5.74) is 2.38. The van der Waals surface area contributed by atoms with E-state index >= 15 is 0 Å². The Morgan fingerprint density at radius 1 is 1.17 bits per heavy atom. The van der Waals surface area contributed by atoms with Crippen LogP contribution >= 0.6 is 0 Å². The van der Waals surface area contributed by atoms with Crippen molar-refractivity contribution in [2.24, 2.45) is 13.0 Å². The number of carbonyl (C=O) groups excluding carboxylic acids is 1. The molecule has 23 heavy (non-hydrogen) atoms. The predicted octanol–water partition coefficient (Wildman–Crippen LogP) is 1.27. The fraction of sp³-hybridized carbons (Fsp3) is 0.471. The summed E-state index contributed by atoms with van der Waals surface area (Å²) in [4.78, 5) is 21.1. The third-order valence-electron chi connectivity index (χ3n) is 4.88. The molecule has 0 spiro atoms. The van der Waals surface area contributed by atoms with E-state index in [1.807, 2.05) is 53.5 Å². The zero-order valence-electron chi connectivity index (χ0n) is 13.3. The third kappa shape index (κ3) is 2.81. The summed E-state index contributed by atoms with van der Waals surface area (Å²) in [5.74, 6) is 0.842. The van der Waals surface area contributed by atoms with E-state index in [9.17, 15) is 4.79 Å². The predicted molar refractivity (Wildman–Crippen MR) is 87.1 cm³/mol. The molecule has 2 atom stereocenters. The molecule has 0 N–H and O–H groups in total. The van der Waals surface area contributed by atoms with Crippen molar-refractivity contribution in [1.82, 2.24) is 19.7 Å². The molecule has 0 aromatic carbocycles. The Balaban J connectivity index is 1.33. The summed E-state index contributed by atoms with van der Waals surface area (Å²) in [6.45, 7) is 3.38. The molecule has 2 aromatic rings. The normalized spacial score (nSPS) is 23.9. The second kappa shape index (κ2) is 5.68. The van der Waals surface area contributed by atoms with E-state index in [-0.39, 0.29) is 5.92 Å². The second-order valence-corrected chi connectivity index (χ2v) is 6.41. The lowest BCUT2D eigenvalue weighted by atomic mass is 10.1. The van der Waals surface area contributed by atoms with Crippen LogP contribution in [0.3, 0.4) is 0 Å². The number of hydrogen-bond acceptors (Lipinski definition) is 4. The molecule has 2 fully saturated rings. The number of piperazine rings is 1. The molecule has 1 aliphatic carbocycles. The van der Waals surface area contributed by atoms with Gasteiger partial charge in [0.25, 0.3) is 0 Å². The van der Waals surface area contributed by atoms with Gasteiger partial charge in [-0.05, 0) is 30.0 Å². The molecule has 2 aliphatic rings. The molecular formula is C17H21N5O. The van der Waals surface area contributed by atoms with Crippen molar-refractivity contribution in [3.8, 4) is 0 Å². The molecule has 1 saturated carbocycles. The highest BCUT2D eigenvalue weighted by atomic mass is 16.2. The number of hydrogen-bond donors (Lipinski definition) is 0. The Labute approximate surface area is 135 Å². The Hall–Kier alpha value is -2.37. The number of carbonyl (C=O) groups is 1. The summed E-state index contributed by atoms with van der Waals surface area (Å²) in [7, 11) is 1.92. The van der Waals surface area contributed by atoms with Crippen molar-refractivity contribution >= 4 is 11.6 Å². The number of nitrogens with zero attached hydrogens (tertiary/aromatic N) is 5. The van der Waals surface area contributed by atoms with Crippen LogP contribution in [0.15, 0.2) is 36.9 Å². The minimum atomic E-state index is 0.159. The number of pyridine rings is 1. The van der Waals surface area contributed by atoms with Crippen molar-refractivity contribution in [1.29, 1.82) is 0 Å². The lowest BCUT2D eigenvalue weighted by Gasteiger charge is -2.36. The molecule has 6 nitrogen and oxygen atoms in total. The van der Waals surface area contributed by atoms with Gasteiger partial charge in [0.15, 0.2) is 0 Å². The zero-order valence-corrected chi connectivity index (χ0v) is 13.3. The molecule has 0 radical (unpaired) electrons. The highest BCUT2D eigenvalue weighted by molar-refractivity contribution is 5.83. The first-order valence-corrected chi connectivity index (χ1v) is 8.14. The van der Waals surface area contributed by atoms with Gasteiger partial charge in [-0.2, -0.15) is 5.10 Å². The number of amides is 1. The van der Waals surface area contributed by atoms with Gasteiger partial charge in [0, 0.05) is 63.4 Å². The minimum Gasteiger partial charge on any atom is -0.368 e. The van der Waals surface area contributed by atoms with Gasteiger partial charge in [-0.15, -0.1) is 0 Å². The lowest BCUT2D eigenvalue weighted by Crippen LogP contribution is -2.49. The van der Waals surface area contributed by atoms with E-state index in [2.05, 4.69) is 15.0 Å². The number of aromatic nitrogens is 3. The van der Waals surface area contributed by atoms with Crippen LogP contribution < -0.4 is 4.90 Å². The molecule has 1 amide bonds. The van der Waals surface area contributed by atoms with Crippen molar-refractivity contribution in [3.05, 3.63) is 42.5 Å². The summed E-state index contributed by atoms with van der Waals surface area (Å²) >= 11 is 0. The monoisotopic (exact) mass is 311 g/mol. The maximum atomic E-state index is 12.7. The van der Waals surface area contributed by atoms with Gasteiger partial charge in [-0.25, -0.2) is 0 Å². The number of aryl methyl sites for hydroxylation is 1. The van der Waals surface area contributed by atoms with Crippen molar-refractivity contribution < 1.29 is 4.79 Å². The van der Waals surface area contributed by atoms with E-state index in [4.69, 9.17) is 0 Å². The molecule has 4 rings (SSSR count). The van der Waals surface area contributed by atoms with Gasteiger partial charge in [0.1, 0.15) is 0 Å².